The SMILES string of the molecule is N#Cc1nc(-c2ccco2)oc1N1CCC(C(=O)N2CCN(CCc3ccccc3)CC2)CC1. The van der Waals surface area contributed by atoms with Crippen molar-refractivity contribution < 1.29 is 13.6 Å². The van der Waals surface area contributed by atoms with E-state index in [1.165, 1.54) is 5.56 Å². The maximum Gasteiger partial charge on any atom is 0.266 e. The van der Waals surface area contributed by atoms with Gasteiger partial charge in [0.15, 0.2) is 5.76 Å². The lowest BCUT2D eigenvalue weighted by Gasteiger charge is -2.38. The molecule has 5 rings (SSSR count). The van der Waals surface area contributed by atoms with Crippen LogP contribution in [0.4, 0.5) is 5.88 Å². The summed E-state index contributed by atoms with van der Waals surface area (Å²) in [5.74, 6) is 1.55. The number of amides is 1. The summed E-state index contributed by atoms with van der Waals surface area (Å²) in [6, 6.07) is 16.2. The van der Waals surface area contributed by atoms with Crippen molar-refractivity contribution in [1.82, 2.24) is 14.8 Å². The van der Waals surface area contributed by atoms with E-state index in [1.807, 2.05) is 15.9 Å². The second-order valence-corrected chi connectivity index (χ2v) is 8.93. The first-order valence-corrected chi connectivity index (χ1v) is 12.0. The zero-order valence-corrected chi connectivity index (χ0v) is 19.2. The van der Waals surface area contributed by atoms with E-state index in [2.05, 4.69) is 40.2 Å². The van der Waals surface area contributed by atoms with Crippen LogP contribution in [0.25, 0.3) is 11.7 Å². The number of aromatic nitrogens is 1. The maximum atomic E-state index is 13.2. The number of furan rings is 1. The number of hydrogen-bond donors (Lipinski definition) is 0. The first-order valence-electron chi connectivity index (χ1n) is 12.0. The molecule has 0 saturated carbocycles. The lowest BCUT2D eigenvalue weighted by atomic mass is 9.95. The Labute approximate surface area is 199 Å². The van der Waals surface area contributed by atoms with E-state index in [9.17, 15) is 10.1 Å². The third kappa shape index (κ3) is 4.85. The summed E-state index contributed by atoms with van der Waals surface area (Å²) >= 11 is 0. The fourth-order valence-electron chi connectivity index (χ4n) is 4.82. The van der Waals surface area contributed by atoms with Gasteiger partial charge in [0.1, 0.15) is 6.07 Å². The molecule has 0 unspecified atom stereocenters. The Kier molecular flexibility index (Phi) is 6.63. The lowest BCUT2D eigenvalue weighted by Crippen LogP contribution is -2.51. The molecular formula is C26H29N5O3. The molecule has 8 nitrogen and oxygen atoms in total. The maximum absolute atomic E-state index is 13.2. The van der Waals surface area contributed by atoms with Crippen molar-refractivity contribution in [3.63, 3.8) is 0 Å². The molecule has 8 heteroatoms. The fraction of sp³-hybridized carbons (Fsp3) is 0.423. The third-order valence-corrected chi connectivity index (χ3v) is 6.82. The van der Waals surface area contributed by atoms with Crippen molar-refractivity contribution in [2.75, 3.05) is 50.7 Å². The zero-order chi connectivity index (χ0) is 23.3. The molecule has 2 saturated heterocycles. The van der Waals surface area contributed by atoms with Crippen molar-refractivity contribution in [3.8, 4) is 17.7 Å². The van der Waals surface area contributed by atoms with Crippen molar-refractivity contribution >= 4 is 11.8 Å². The van der Waals surface area contributed by atoms with Gasteiger partial charge < -0.3 is 18.6 Å². The first-order chi connectivity index (χ1) is 16.7. The van der Waals surface area contributed by atoms with E-state index >= 15 is 0 Å². The minimum Gasteiger partial charge on any atom is -0.459 e. The van der Waals surface area contributed by atoms with Crippen LogP contribution in [0.5, 0.6) is 0 Å². The van der Waals surface area contributed by atoms with E-state index < -0.39 is 0 Å². The summed E-state index contributed by atoms with van der Waals surface area (Å²) in [6.45, 7) is 5.79. The quantitative estimate of drug-likeness (QED) is 0.558. The molecule has 2 aliphatic heterocycles. The summed E-state index contributed by atoms with van der Waals surface area (Å²) in [5.41, 5.74) is 1.61. The smallest absolute Gasteiger partial charge is 0.266 e. The summed E-state index contributed by atoms with van der Waals surface area (Å²) < 4.78 is 11.2. The van der Waals surface area contributed by atoms with Crippen LogP contribution in [0, 0.1) is 17.2 Å². The molecule has 0 atom stereocenters. The summed E-state index contributed by atoms with van der Waals surface area (Å²) in [5, 5.41) is 9.50. The molecule has 34 heavy (non-hydrogen) atoms. The number of hydrogen-bond acceptors (Lipinski definition) is 7. The van der Waals surface area contributed by atoms with Gasteiger partial charge in [0.2, 0.25) is 17.5 Å². The normalized spacial score (nSPS) is 17.6. The molecule has 0 spiro atoms. The summed E-state index contributed by atoms with van der Waals surface area (Å²) in [6.07, 6.45) is 4.08. The van der Waals surface area contributed by atoms with E-state index in [4.69, 9.17) is 8.83 Å². The number of benzene rings is 1. The molecule has 0 aliphatic carbocycles. The highest BCUT2D eigenvalue weighted by atomic mass is 16.4. The average molecular weight is 460 g/mol. The van der Waals surface area contributed by atoms with E-state index in [0.29, 0.717) is 30.6 Å². The number of carbonyl (C=O) groups excluding carboxylic acids is 1. The van der Waals surface area contributed by atoms with Gasteiger partial charge >= 0.3 is 0 Å². The number of rotatable bonds is 6. The van der Waals surface area contributed by atoms with Crippen LogP contribution in [0.1, 0.15) is 24.1 Å². The van der Waals surface area contributed by atoms with E-state index in [0.717, 1.165) is 52.0 Å². The highest BCUT2D eigenvalue weighted by Gasteiger charge is 2.32. The molecule has 1 amide bonds. The number of nitriles is 1. The number of nitrogens with zero attached hydrogens (tertiary/aromatic N) is 5. The van der Waals surface area contributed by atoms with Crippen molar-refractivity contribution in [3.05, 3.63) is 60.0 Å². The Balaban J connectivity index is 1.11. The van der Waals surface area contributed by atoms with Crippen molar-refractivity contribution in [2.24, 2.45) is 5.92 Å². The average Bonchev–Trinajstić information content (AvgIpc) is 3.58. The van der Waals surface area contributed by atoms with Gasteiger partial charge in [0.25, 0.3) is 5.89 Å². The Bertz CT molecular complexity index is 1120. The Morgan fingerprint density at radius 1 is 1.03 bits per heavy atom. The third-order valence-electron chi connectivity index (χ3n) is 6.82. The topological polar surface area (TPSA) is 89.8 Å². The Morgan fingerprint density at radius 3 is 2.47 bits per heavy atom. The molecule has 0 radical (unpaired) electrons. The molecule has 4 heterocycles. The molecule has 2 aromatic heterocycles. The van der Waals surface area contributed by atoms with E-state index in [1.54, 1.807) is 18.4 Å². The van der Waals surface area contributed by atoms with Crippen molar-refractivity contribution in [1.29, 1.82) is 5.26 Å². The molecule has 3 aromatic rings. The molecule has 1 aromatic carbocycles. The number of anilines is 1. The molecular weight excluding hydrogens is 430 g/mol. The van der Waals surface area contributed by atoms with Crippen LogP contribution in [-0.2, 0) is 11.2 Å². The van der Waals surface area contributed by atoms with Gasteiger partial charge in [0.05, 0.1) is 6.26 Å². The monoisotopic (exact) mass is 459 g/mol. The number of piperazine rings is 1. The van der Waals surface area contributed by atoms with Gasteiger partial charge in [-0.05, 0) is 37.0 Å². The van der Waals surface area contributed by atoms with Crippen molar-refractivity contribution in [2.45, 2.75) is 19.3 Å². The van der Waals surface area contributed by atoms with Crippen LogP contribution in [0.2, 0.25) is 0 Å². The molecule has 0 N–H and O–H groups in total. The highest BCUT2D eigenvalue weighted by Crippen LogP contribution is 2.31. The second kappa shape index (κ2) is 10.1. The van der Waals surface area contributed by atoms with Crippen LogP contribution in [0.3, 0.4) is 0 Å². The standard InChI is InChI=1S/C26H29N5O3/c27-19-22-26(34-24(28-22)23-7-4-18-33-23)31-12-9-21(10-13-31)25(32)30-16-14-29(15-17-30)11-8-20-5-2-1-3-6-20/h1-7,18,21H,8-17H2. The predicted octanol–water partition coefficient (Wildman–Crippen LogP) is 3.41. The molecule has 0 bridgehead atoms. The second-order valence-electron chi connectivity index (χ2n) is 8.93. The minimum atomic E-state index is 0.0186. The van der Waals surface area contributed by atoms with Crippen LogP contribution >= 0.6 is 0 Å². The lowest BCUT2D eigenvalue weighted by molar-refractivity contribution is -0.138. The zero-order valence-electron chi connectivity index (χ0n) is 19.2. The highest BCUT2D eigenvalue weighted by molar-refractivity contribution is 5.79. The van der Waals surface area contributed by atoms with Gasteiger partial charge in [-0.1, -0.05) is 30.3 Å². The van der Waals surface area contributed by atoms with Gasteiger partial charge in [-0.25, -0.2) is 0 Å². The van der Waals surface area contributed by atoms with Gasteiger partial charge in [-0.2, -0.15) is 10.2 Å². The molecule has 176 valence electrons. The minimum absolute atomic E-state index is 0.0186. The number of piperidine rings is 1. The molecule has 2 fully saturated rings. The molecule has 2 aliphatic rings. The van der Waals surface area contributed by atoms with Gasteiger partial charge in [-0.15, -0.1) is 0 Å². The van der Waals surface area contributed by atoms with Crippen LogP contribution in [-0.4, -0.2) is 66.5 Å². The van der Waals surface area contributed by atoms with E-state index in [-0.39, 0.29) is 17.5 Å². The largest absolute Gasteiger partial charge is 0.459 e. The van der Waals surface area contributed by atoms with Crippen LogP contribution < -0.4 is 4.90 Å². The Morgan fingerprint density at radius 2 is 1.79 bits per heavy atom. The number of carbonyl (C=O) groups is 1. The van der Waals surface area contributed by atoms with Gasteiger partial charge in [0, 0.05) is 51.7 Å². The predicted molar refractivity (Wildman–Crippen MR) is 127 cm³/mol. The number of oxazole rings is 1. The first kappa shape index (κ1) is 22.2. The Hall–Kier alpha value is -3.57. The summed E-state index contributed by atoms with van der Waals surface area (Å²) in [7, 11) is 0. The summed E-state index contributed by atoms with van der Waals surface area (Å²) in [4.78, 5) is 23.9. The fourth-order valence-corrected chi connectivity index (χ4v) is 4.82. The van der Waals surface area contributed by atoms with Crippen LogP contribution in [0.15, 0.2) is 57.6 Å². The van der Waals surface area contributed by atoms with Gasteiger partial charge in [-0.3, -0.25) is 9.69 Å².